The average molecular weight is 314 g/mol. The molecule has 0 amide bonds. The van der Waals surface area contributed by atoms with Crippen molar-refractivity contribution < 1.29 is 23.3 Å². The van der Waals surface area contributed by atoms with Gasteiger partial charge in [0.25, 0.3) is 0 Å². The first kappa shape index (κ1) is 14.0. The molecule has 0 bridgehead atoms. The normalized spacial score (nSPS) is 29.3. The lowest BCUT2D eigenvalue weighted by atomic mass is 9.65. The topological polar surface area (TPSA) is 83.3 Å². The Morgan fingerprint density at radius 1 is 1.17 bits per heavy atom. The highest BCUT2D eigenvalue weighted by atomic mass is 16.7. The van der Waals surface area contributed by atoms with Crippen LogP contribution < -0.4 is 5.59 Å². The van der Waals surface area contributed by atoms with E-state index in [-0.39, 0.29) is 17.5 Å². The van der Waals surface area contributed by atoms with Gasteiger partial charge in [-0.2, -0.15) is 5.10 Å². The number of nitrogens with zero attached hydrogens (tertiary/aromatic N) is 4. The summed E-state index contributed by atoms with van der Waals surface area (Å²) in [5.41, 5.74) is 1.46. The molecule has 118 valence electrons. The van der Waals surface area contributed by atoms with Crippen LogP contribution in [0.3, 0.4) is 0 Å². The number of carbonyl (C=O) groups is 2. The molecule has 3 heterocycles. The maximum atomic E-state index is 11.8. The van der Waals surface area contributed by atoms with Crippen LogP contribution in [0.2, 0.25) is 0 Å². The summed E-state index contributed by atoms with van der Waals surface area (Å²) in [4.78, 5) is 23.6. The van der Waals surface area contributed by atoms with Gasteiger partial charge in [-0.15, -0.1) is 0 Å². The molecule has 1 aromatic heterocycles. The molecule has 2 aliphatic rings. The van der Waals surface area contributed by atoms with E-state index in [1.807, 2.05) is 30.3 Å². The summed E-state index contributed by atoms with van der Waals surface area (Å²) in [6.07, 6.45) is 1.68. The number of hydrogen-bond donors (Lipinski definition) is 0. The van der Waals surface area contributed by atoms with Crippen molar-refractivity contribution in [3.8, 4) is 0 Å². The number of aromatic nitrogens is 3. The lowest BCUT2D eigenvalue weighted by molar-refractivity contribution is -0.791. The molecule has 2 aromatic rings. The molecular formula is C14H15BN4O4. The minimum absolute atomic E-state index is 0.0711. The Bertz CT molecular complexity index is 771. The molecule has 2 aliphatic heterocycles. The van der Waals surface area contributed by atoms with Gasteiger partial charge in [0.2, 0.25) is 0 Å². The van der Waals surface area contributed by atoms with Gasteiger partial charge in [-0.3, -0.25) is 14.3 Å². The van der Waals surface area contributed by atoms with Crippen LogP contribution in [-0.4, -0.2) is 58.2 Å². The maximum absolute atomic E-state index is 11.8. The molecule has 0 atom stereocenters. The van der Waals surface area contributed by atoms with Gasteiger partial charge in [0.15, 0.2) is 0 Å². The van der Waals surface area contributed by atoms with Gasteiger partial charge in [0.1, 0.15) is 13.1 Å². The minimum atomic E-state index is -2.31. The van der Waals surface area contributed by atoms with E-state index >= 15 is 0 Å². The monoisotopic (exact) mass is 314 g/mol. The molecule has 9 heteroatoms. The highest BCUT2D eigenvalue weighted by molar-refractivity contribution is 6.78. The molecule has 0 saturated carbocycles. The number of benzene rings is 1. The lowest BCUT2D eigenvalue weighted by Gasteiger charge is -2.38. The highest BCUT2D eigenvalue weighted by Gasteiger charge is 2.67. The molecule has 2 fully saturated rings. The quantitative estimate of drug-likeness (QED) is 0.678. The zero-order valence-corrected chi connectivity index (χ0v) is 12.6. The van der Waals surface area contributed by atoms with Crippen LogP contribution >= 0.6 is 0 Å². The first-order valence-electron chi connectivity index (χ1n) is 7.37. The van der Waals surface area contributed by atoms with Gasteiger partial charge in [-0.05, 0) is 5.56 Å². The average Bonchev–Trinajstić information content (AvgIpc) is 3.10. The van der Waals surface area contributed by atoms with E-state index in [0.717, 1.165) is 5.56 Å². The number of fused-ring (bicyclic) bond motifs is 1. The number of rotatable bonds is 3. The van der Waals surface area contributed by atoms with Crippen LogP contribution in [0, 0.1) is 0 Å². The first-order chi connectivity index (χ1) is 11.0. The molecule has 0 aliphatic carbocycles. The Kier molecular flexibility index (Phi) is 2.83. The summed E-state index contributed by atoms with van der Waals surface area (Å²) >= 11 is 0. The SMILES string of the molecule is C[N+]12CC(=O)O[B-]1(c1cn(Cc3ccccc3)nn1)OC(=O)C2. The molecule has 2 saturated heterocycles. The van der Waals surface area contributed by atoms with Gasteiger partial charge < -0.3 is 13.7 Å². The second kappa shape index (κ2) is 4.66. The second-order valence-electron chi connectivity index (χ2n) is 6.27. The van der Waals surface area contributed by atoms with Crippen molar-refractivity contribution in [1.82, 2.24) is 15.0 Å². The summed E-state index contributed by atoms with van der Waals surface area (Å²) in [5, 5.41) is 8.19. The van der Waals surface area contributed by atoms with E-state index in [0.29, 0.717) is 12.1 Å². The molecule has 23 heavy (non-hydrogen) atoms. The van der Waals surface area contributed by atoms with Gasteiger partial charge in [0.05, 0.1) is 12.1 Å². The fourth-order valence-electron chi connectivity index (χ4n) is 3.36. The Hall–Kier alpha value is -2.68. The van der Waals surface area contributed by atoms with Crippen LogP contribution in [0.4, 0.5) is 0 Å². The molecule has 8 nitrogen and oxygen atoms in total. The third kappa shape index (κ3) is 2.04. The molecule has 4 rings (SSSR count). The van der Waals surface area contributed by atoms with Crippen molar-refractivity contribution in [1.29, 1.82) is 0 Å². The summed E-state index contributed by atoms with van der Waals surface area (Å²) in [6.45, 7) is -1.58. The van der Waals surface area contributed by atoms with Crippen LogP contribution in [-0.2, 0) is 25.4 Å². The second-order valence-corrected chi connectivity index (χ2v) is 6.27. The molecular weight excluding hydrogens is 299 g/mol. The Morgan fingerprint density at radius 2 is 1.83 bits per heavy atom. The van der Waals surface area contributed by atoms with Crippen molar-refractivity contribution >= 4 is 24.2 Å². The Labute approximate surface area is 132 Å². The predicted molar refractivity (Wildman–Crippen MR) is 79.1 cm³/mol. The smallest absolute Gasteiger partial charge is 0.595 e. The van der Waals surface area contributed by atoms with E-state index in [4.69, 9.17) is 9.31 Å². The van der Waals surface area contributed by atoms with Gasteiger partial charge in [-0.25, -0.2) is 0 Å². The third-order valence-corrected chi connectivity index (χ3v) is 4.50. The fraction of sp³-hybridized carbons (Fsp3) is 0.286. The zero-order valence-electron chi connectivity index (χ0n) is 12.6. The molecule has 0 unspecified atom stereocenters. The molecule has 0 spiro atoms. The largest absolute Gasteiger partial charge is 0.635 e. The number of hydrogen-bond acceptors (Lipinski definition) is 6. The molecule has 0 N–H and O–H groups in total. The number of likely N-dealkylation sites (N-methyl/N-ethyl adjacent to an activating group) is 1. The maximum Gasteiger partial charge on any atom is 0.635 e. The number of quaternary nitrogens is 1. The summed E-state index contributed by atoms with van der Waals surface area (Å²) < 4.78 is 12.6. The van der Waals surface area contributed by atoms with Crippen molar-refractivity contribution in [2.75, 3.05) is 20.1 Å². The first-order valence-corrected chi connectivity index (χ1v) is 7.37. The fourth-order valence-corrected chi connectivity index (χ4v) is 3.36. The van der Waals surface area contributed by atoms with E-state index in [1.165, 1.54) is 0 Å². The van der Waals surface area contributed by atoms with Crippen molar-refractivity contribution in [2.45, 2.75) is 6.54 Å². The Morgan fingerprint density at radius 3 is 2.48 bits per heavy atom. The standard InChI is InChI=1S/C14H15BN4O4/c1-19-9-13(20)22-15(19,23-14(21)10-19)12-8-18(17-16-12)7-11-5-3-2-4-6-11/h2-6,8H,7,9-10H2,1H3. The van der Waals surface area contributed by atoms with E-state index in [2.05, 4.69) is 10.3 Å². The third-order valence-electron chi connectivity index (χ3n) is 4.50. The summed E-state index contributed by atoms with van der Waals surface area (Å²) in [7, 11) is 1.77. The summed E-state index contributed by atoms with van der Waals surface area (Å²) in [5.74, 6) is -0.782. The summed E-state index contributed by atoms with van der Waals surface area (Å²) in [6, 6.07) is 9.80. The van der Waals surface area contributed by atoms with Gasteiger partial charge in [0, 0.05) is 13.2 Å². The minimum Gasteiger partial charge on any atom is -0.595 e. The van der Waals surface area contributed by atoms with E-state index < -0.39 is 18.6 Å². The number of carbonyl (C=O) groups excluding carboxylic acids is 2. The lowest BCUT2D eigenvalue weighted by Crippen LogP contribution is -2.68. The predicted octanol–water partition coefficient (Wildman–Crippen LogP) is -0.967. The highest BCUT2D eigenvalue weighted by Crippen LogP contribution is 2.32. The van der Waals surface area contributed by atoms with Crippen molar-refractivity contribution in [3.63, 3.8) is 0 Å². The van der Waals surface area contributed by atoms with Crippen LogP contribution in [0.15, 0.2) is 36.5 Å². The Balaban J connectivity index is 1.68. The molecule has 0 radical (unpaired) electrons. The zero-order chi connectivity index (χ0) is 16.1. The molecule has 1 aromatic carbocycles. The van der Waals surface area contributed by atoms with Gasteiger partial charge >= 0.3 is 18.6 Å². The van der Waals surface area contributed by atoms with E-state index in [1.54, 1.807) is 17.9 Å². The van der Waals surface area contributed by atoms with Crippen LogP contribution in [0.1, 0.15) is 5.56 Å². The van der Waals surface area contributed by atoms with Crippen LogP contribution in [0.5, 0.6) is 0 Å². The van der Waals surface area contributed by atoms with Gasteiger partial charge in [-0.1, -0.05) is 35.5 Å². The van der Waals surface area contributed by atoms with E-state index in [9.17, 15) is 9.59 Å². The van der Waals surface area contributed by atoms with Crippen molar-refractivity contribution in [3.05, 3.63) is 42.1 Å². The van der Waals surface area contributed by atoms with Crippen molar-refractivity contribution in [2.24, 2.45) is 0 Å². The van der Waals surface area contributed by atoms with Crippen LogP contribution in [0.25, 0.3) is 0 Å².